The van der Waals surface area contributed by atoms with Crippen LogP contribution in [0.15, 0.2) is 30.3 Å². The first-order valence-electron chi connectivity index (χ1n) is 6.87. The Kier molecular flexibility index (Phi) is 4.61. The third-order valence-electron chi connectivity index (χ3n) is 3.63. The lowest BCUT2D eigenvalue weighted by Gasteiger charge is -2.16. The number of hydrogen-bond donors (Lipinski definition) is 3. The Bertz CT molecular complexity index is 469. The number of hydrogen-bond acceptors (Lipinski definition) is 2. The maximum absolute atomic E-state index is 11.5. The molecule has 5 nitrogen and oxygen atoms in total. The normalized spacial score (nSPS) is 15.4. The smallest absolute Gasteiger partial charge is 0.314 e. The van der Waals surface area contributed by atoms with Crippen molar-refractivity contribution in [2.75, 3.05) is 13.1 Å². The SMILES string of the molecule is O=C(O)CCNC(=O)NCC1(Cc2ccccc2)CC1. The summed E-state index contributed by atoms with van der Waals surface area (Å²) < 4.78 is 0. The highest BCUT2D eigenvalue weighted by Crippen LogP contribution is 2.47. The molecule has 20 heavy (non-hydrogen) atoms. The van der Waals surface area contributed by atoms with Crippen molar-refractivity contribution in [2.24, 2.45) is 5.41 Å². The molecule has 1 saturated carbocycles. The topological polar surface area (TPSA) is 78.4 Å². The Morgan fingerprint density at radius 1 is 1.15 bits per heavy atom. The second-order valence-corrected chi connectivity index (χ2v) is 5.42. The number of urea groups is 1. The first-order chi connectivity index (χ1) is 9.60. The van der Waals surface area contributed by atoms with Gasteiger partial charge in [0.15, 0.2) is 0 Å². The number of amides is 2. The molecule has 0 aliphatic heterocycles. The van der Waals surface area contributed by atoms with Crippen LogP contribution < -0.4 is 10.6 Å². The average Bonchev–Trinajstić information content (AvgIpc) is 3.17. The second kappa shape index (κ2) is 6.41. The molecular formula is C15H20N2O3. The number of carbonyl (C=O) groups excluding carboxylic acids is 1. The molecule has 0 heterocycles. The summed E-state index contributed by atoms with van der Waals surface area (Å²) in [5, 5.41) is 13.9. The molecule has 2 rings (SSSR count). The van der Waals surface area contributed by atoms with Crippen molar-refractivity contribution in [1.82, 2.24) is 10.6 Å². The van der Waals surface area contributed by atoms with Crippen molar-refractivity contribution in [3.63, 3.8) is 0 Å². The average molecular weight is 276 g/mol. The lowest BCUT2D eigenvalue weighted by atomic mass is 9.96. The third kappa shape index (κ3) is 4.57. The number of carbonyl (C=O) groups is 2. The minimum atomic E-state index is -0.909. The predicted octanol–water partition coefficient (Wildman–Crippen LogP) is 1.78. The molecule has 1 fully saturated rings. The van der Waals surface area contributed by atoms with Crippen LogP contribution in [0.4, 0.5) is 4.79 Å². The summed E-state index contributed by atoms with van der Waals surface area (Å²) in [6, 6.07) is 9.97. The zero-order valence-electron chi connectivity index (χ0n) is 11.4. The van der Waals surface area contributed by atoms with E-state index in [2.05, 4.69) is 22.8 Å². The molecule has 0 radical (unpaired) electrons. The van der Waals surface area contributed by atoms with Gasteiger partial charge in [-0.25, -0.2) is 4.79 Å². The van der Waals surface area contributed by atoms with Crippen LogP contribution in [-0.4, -0.2) is 30.2 Å². The van der Waals surface area contributed by atoms with Crippen LogP contribution in [0.1, 0.15) is 24.8 Å². The monoisotopic (exact) mass is 276 g/mol. The predicted molar refractivity (Wildman–Crippen MR) is 75.5 cm³/mol. The van der Waals surface area contributed by atoms with Gasteiger partial charge in [0.2, 0.25) is 0 Å². The molecule has 0 atom stereocenters. The minimum absolute atomic E-state index is 0.0530. The van der Waals surface area contributed by atoms with Crippen LogP contribution in [0.3, 0.4) is 0 Å². The number of carboxylic acids is 1. The summed E-state index contributed by atoms with van der Waals surface area (Å²) in [5.74, 6) is -0.909. The maximum atomic E-state index is 11.5. The van der Waals surface area contributed by atoms with Crippen LogP contribution in [0.2, 0.25) is 0 Å². The van der Waals surface area contributed by atoms with Crippen molar-refractivity contribution >= 4 is 12.0 Å². The van der Waals surface area contributed by atoms with E-state index in [-0.39, 0.29) is 24.4 Å². The standard InChI is InChI=1S/C15H20N2O3/c18-13(19)6-9-16-14(20)17-11-15(7-8-15)10-12-4-2-1-3-5-12/h1-5H,6-11H2,(H,18,19)(H2,16,17,20). The summed E-state index contributed by atoms with van der Waals surface area (Å²) in [5.41, 5.74) is 1.48. The van der Waals surface area contributed by atoms with Gasteiger partial charge in [-0.15, -0.1) is 0 Å². The van der Waals surface area contributed by atoms with Crippen molar-refractivity contribution in [2.45, 2.75) is 25.7 Å². The Balaban J connectivity index is 1.70. The van der Waals surface area contributed by atoms with Gasteiger partial charge in [0.1, 0.15) is 0 Å². The zero-order valence-corrected chi connectivity index (χ0v) is 11.4. The van der Waals surface area contributed by atoms with E-state index in [1.165, 1.54) is 5.56 Å². The fourth-order valence-electron chi connectivity index (χ4n) is 2.23. The molecule has 1 aromatic carbocycles. The van der Waals surface area contributed by atoms with E-state index in [4.69, 9.17) is 5.11 Å². The van der Waals surface area contributed by atoms with Gasteiger partial charge in [-0.05, 0) is 30.2 Å². The molecule has 108 valence electrons. The van der Waals surface area contributed by atoms with Crippen LogP contribution in [0, 0.1) is 5.41 Å². The molecular weight excluding hydrogens is 256 g/mol. The molecule has 1 aromatic rings. The van der Waals surface area contributed by atoms with Gasteiger partial charge in [-0.1, -0.05) is 30.3 Å². The summed E-state index contributed by atoms with van der Waals surface area (Å²) in [7, 11) is 0. The molecule has 0 bridgehead atoms. The van der Waals surface area contributed by atoms with Gasteiger partial charge < -0.3 is 15.7 Å². The Morgan fingerprint density at radius 2 is 1.85 bits per heavy atom. The van der Waals surface area contributed by atoms with E-state index in [1.54, 1.807) is 0 Å². The molecule has 1 aliphatic carbocycles. The van der Waals surface area contributed by atoms with Gasteiger partial charge in [0, 0.05) is 13.1 Å². The van der Waals surface area contributed by atoms with E-state index in [0.717, 1.165) is 19.3 Å². The Morgan fingerprint density at radius 3 is 2.45 bits per heavy atom. The summed E-state index contributed by atoms with van der Waals surface area (Å²) in [4.78, 5) is 21.9. The number of aliphatic carboxylic acids is 1. The lowest BCUT2D eigenvalue weighted by Crippen LogP contribution is -2.40. The minimum Gasteiger partial charge on any atom is -0.481 e. The van der Waals surface area contributed by atoms with Crippen molar-refractivity contribution in [1.29, 1.82) is 0 Å². The first-order valence-corrected chi connectivity index (χ1v) is 6.87. The molecule has 0 unspecified atom stereocenters. The van der Waals surface area contributed by atoms with Gasteiger partial charge in [0.25, 0.3) is 0 Å². The Hall–Kier alpha value is -2.04. The van der Waals surface area contributed by atoms with Gasteiger partial charge in [-0.2, -0.15) is 0 Å². The highest BCUT2D eigenvalue weighted by molar-refractivity contribution is 5.75. The van der Waals surface area contributed by atoms with Crippen molar-refractivity contribution in [3.8, 4) is 0 Å². The third-order valence-corrected chi connectivity index (χ3v) is 3.63. The van der Waals surface area contributed by atoms with Gasteiger partial charge >= 0.3 is 12.0 Å². The highest BCUT2D eigenvalue weighted by atomic mass is 16.4. The summed E-state index contributed by atoms with van der Waals surface area (Å²) in [6.07, 6.45) is 3.17. The lowest BCUT2D eigenvalue weighted by molar-refractivity contribution is -0.136. The van der Waals surface area contributed by atoms with Crippen LogP contribution in [0.25, 0.3) is 0 Å². The van der Waals surface area contributed by atoms with Crippen molar-refractivity contribution < 1.29 is 14.7 Å². The van der Waals surface area contributed by atoms with E-state index in [1.807, 2.05) is 18.2 Å². The highest BCUT2D eigenvalue weighted by Gasteiger charge is 2.42. The van der Waals surface area contributed by atoms with E-state index in [9.17, 15) is 9.59 Å². The fourth-order valence-corrected chi connectivity index (χ4v) is 2.23. The molecule has 2 amide bonds. The molecule has 0 aromatic heterocycles. The number of benzene rings is 1. The maximum Gasteiger partial charge on any atom is 0.314 e. The number of carboxylic acid groups (broad SMARTS) is 1. The van der Waals surface area contributed by atoms with E-state index >= 15 is 0 Å². The van der Waals surface area contributed by atoms with E-state index in [0.29, 0.717) is 6.54 Å². The van der Waals surface area contributed by atoms with Gasteiger partial charge in [0.05, 0.1) is 6.42 Å². The molecule has 3 N–H and O–H groups in total. The Labute approximate surface area is 118 Å². The zero-order chi connectivity index (χ0) is 14.4. The van der Waals surface area contributed by atoms with Crippen molar-refractivity contribution in [3.05, 3.63) is 35.9 Å². The molecule has 1 aliphatic rings. The number of rotatable bonds is 7. The molecule has 5 heteroatoms. The largest absolute Gasteiger partial charge is 0.481 e. The summed E-state index contributed by atoms with van der Waals surface area (Å²) >= 11 is 0. The molecule has 0 saturated heterocycles. The second-order valence-electron chi connectivity index (χ2n) is 5.42. The number of nitrogens with one attached hydrogen (secondary N) is 2. The fraction of sp³-hybridized carbons (Fsp3) is 0.467. The van der Waals surface area contributed by atoms with Crippen LogP contribution >= 0.6 is 0 Å². The first kappa shape index (κ1) is 14.4. The van der Waals surface area contributed by atoms with Gasteiger partial charge in [-0.3, -0.25) is 4.79 Å². The summed E-state index contributed by atoms with van der Waals surface area (Å²) in [6.45, 7) is 0.799. The van der Waals surface area contributed by atoms with Crippen LogP contribution in [0.5, 0.6) is 0 Å². The van der Waals surface area contributed by atoms with Crippen LogP contribution in [-0.2, 0) is 11.2 Å². The molecule has 0 spiro atoms. The van der Waals surface area contributed by atoms with E-state index < -0.39 is 5.97 Å². The quantitative estimate of drug-likeness (QED) is 0.710.